The van der Waals surface area contributed by atoms with Gasteiger partial charge in [-0.1, -0.05) is 6.07 Å². The molecule has 0 amide bonds. The van der Waals surface area contributed by atoms with Crippen LogP contribution in [0.5, 0.6) is 0 Å². The molecular formula is C15H13FN2O3. The highest BCUT2D eigenvalue weighted by Gasteiger charge is 2.23. The van der Waals surface area contributed by atoms with E-state index in [4.69, 9.17) is 0 Å². The molecule has 6 heteroatoms. The number of hydrogen-bond donors (Lipinski definition) is 1. The lowest BCUT2D eigenvalue weighted by Crippen LogP contribution is -2.15. The Hall–Kier alpha value is -2.47. The molecule has 1 N–H and O–H groups in total. The van der Waals surface area contributed by atoms with E-state index in [9.17, 15) is 19.6 Å². The minimum absolute atomic E-state index is 0.0681. The van der Waals surface area contributed by atoms with Crippen LogP contribution in [0.1, 0.15) is 11.1 Å². The average molecular weight is 288 g/mol. The molecule has 1 heterocycles. The van der Waals surface area contributed by atoms with Crippen molar-refractivity contribution in [3.63, 3.8) is 0 Å². The van der Waals surface area contributed by atoms with Gasteiger partial charge in [0.1, 0.15) is 5.82 Å². The van der Waals surface area contributed by atoms with Crippen molar-refractivity contribution in [2.75, 3.05) is 11.4 Å². The summed E-state index contributed by atoms with van der Waals surface area (Å²) in [6, 6.07) is 8.97. The fourth-order valence-electron chi connectivity index (χ4n) is 2.68. The molecule has 0 saturated carbocycles. The van der Waals surface area contributed by atoms with Gasteiger partial charge in [-0.2, -0.15) is 0 Å². The number of nitro groups is 1. The summed E-state index contributed by atoms with van der Waals surface area (Å²) >= 11 is 0. The van der Waals surface area contributed by atoms with Gasteiger partial charge in [-0.3, -0.25) is 10.1 Å². The number of nitrogens with zero attached hydrogens (tertiary/aromatic N) is 2. The first-order valence-electron chi connectivity index (χ1n) is 6.54. The number of aliphatic hydroxyl groups excluding tert-OH is 1. The molecule has 3 rings (SSSR count). The molecule has 0 bridgehead atoms. The molecule has 2 aromatic rings. The smallest absolute Gasteiger partial charge is 0.269 e. The topological polar surface area (TPSA) is 66.6 Å². The summed E-state index contributed by atoms with van der Waals surface area (Å²) < 4.78 is 13.4. The molecule has 21 heavy (non-hydrogen) atoms. The Morgan fingerprint density at radius 3 is 2.76 bits per heavy atom. The van der Waals surface area contributed by atoms with E-state index >= 15 is 0 Å². The van der Waals surface area contributed by atoms with Crippen LogP contribution >= 0.6 is 0 Å². The summed E-state index contributed by atoms with van der Waals surface area (Å²) in [5.41, 5.74) is 2.84. The second-order valence-corrected chi connectivity index (χ2v) is 4.90. The van der Waals surface area contributed by atoms with Crippen LogP contribution in [0.15, 0.2) is 36.4 Å². The van der Waals surface area contributed by atoms with E-state index in [1.165, 1.54) is 24.3 Å². The Bertz CT molecular complexity index is 718. The van der Waals surface area contributed by atoms with Crippen LogP contribution in [-0.4, -0.2) is 16.6 Å². The van der Waals surface area contributed by atoms with E-state index in [-0.39, 0.29) is 18.1 Å². The van der Waals surface area contributed by atoms with Crippen molar-refractivity contribution in [1.29, 1.82) is 0 Å². The highest BCUT2D eigenvalue weighted by Crippen LogP contribution is 2.37. The molecule has 0 unspecified atom stereocenters. The van der Waals surface area contributed by atoms with Crippen molar-refractivity contribution in [3.05, 3.63) is 63.5 Å². The average Bonchev–Trinajstić information content (AvgIpc) is 2.89. The third-order valence-electron chi connectivity index (χ3n) is 3.68. The Balaban J connectivity index is 2.07. The molecule has 0 radical (unpaired) electrons. The van der Waals surface area contributed by atoms with Gasteiger partial charge in [0, 0.05) is 35.6 Å². The van der Waals surface area contributed by atoms with Gasteiger partial charge in [0.15, 0.2) is 0 Å². The van der Waals surface area contributed by atoms with Gasteiger partial charge < -0.3 is 10.0 Å². The summed E-state index contributed by atoms with van der Waals surface area (Å²) in [7, 11) is 0. The predicted molar refractivity (Wildman–Crippen MR) is 76.1 cm³/mol. The fraction of sp³-hybridized carbons (Fsp3) is 0.200. The van der Waals surface area contributed by atoms with Crippen molar-refractivity contribution in [2.45, 2.75) is 13.0 Å². The van der Waals surface area contributed by atoms with Gasteiger partial charge in [0.25, 0.3) is 5.69 Å². The van der Waals surface area contributed by atoms with Crippen molar-refractivity contribution in [1.82, 2.24) is 0 Å². The molecule has 0 atom stereocenters. The number of hydrogen-bond acceptors (Lipinski definition) is 4. The zero-order valence-electron chi connectivity index (χ0n) is 11.1. The summed E-state index contributed by atoms with van der Waals surface area (Å²) in [4.78, 5) is 12.2. The van der Waals surface area contributed by atoms with Crippen LogP contribution in [0.2, 0.25) is 0 Å². The number of halogens is 1. The van der Waals surface area contributed by atoms with E-state index < -0.39 is 4.92 Å². The molecule has 5 nitrogen and oxygen atoms in total. The maximum atomic E-state index is 13.4. The molecular weight excluding hydrogens is 275 g/mol. The molecule has 0 saturated heterocycles. The fourth-order valence-corrected chi connectivity index (χ4v) is 2.68. The first-order valence-corrected chi connectivity index (χ1v) is 6.54. The molecule has 1 aliphatic heterocycles. The zero-order chi connectivity index (χ0) is 15.0. The molecule has 108 valence electrons. The molecule has 2 aromatic carbocycles. The minimum Gasteiger partial charge on any atom is -0.392 e. The van der Waals surface area contributed by atoms with Crippen molar-refractivity contribution < 1.29 is 14.4 Å². The Labute approximate surface area is 120 Å². The predicted octanol–water partition coefficient (Wildman–Crippen LogP) is 2.92. The van der Waals surface area contributed by atoms with Crippen molar-refractivity contribution in [2.24, 2.45) is 0 Å². The number of benzene rings is 2. The molecule has 1 aliphatic rings. The number of aliphatic hydroxyl groups is 1. The number of nitro benzene ring substituents is 1. The summed E-state index contributed by atoms with van der Waals surface area (Å²) in [5, 5.41) is 20.3. The first kappa shape index (κ1) is 13.5. The lowest BCUT2D eigenvalue weighted by atomic mass is 10.1. The minimum atomic E-state index is -0.499. The van der Waals surface area contributed by atoms with E-state index in [1.807, 2.05) is 4.90 Å². The largest absolute Gasteiger partial charge is 0.392 e. The lowest BCUT2D eigenvalue weighted by molar-refractivity contribution is -0.384. The highest BCUT2D eigenvalue weighted by atomic mass is 19.1. The van der Waals surface area contributed by atoms with Crippen molar-refractivity contribution in [3.8, 4) is 0 Å². The monoisotopic (exact) mass is 288 g/mol. The summed E-state index contributed by atoms with van der Waals surface area (Å²) in [6.07, 6.45) is 0.775. The van der Waals surface area contributed by atoms with E-state index in [0.717, 1.165) is 17.7 Å². The second kappa shape index (κ2) is 5.14. The van der Waals surface area contributed by atoms with Crippen LogP contribution in [0.25, 0.3) is 0 Å². The third kappa shape index (κ3) is 2.34. The number of anilines is 2. The first-order chi connectivity index (χ1) is 10.1. The normalized spacial score (nSPS) is 13.3. The molecule has 0 spiro atoms. The van der Waals surface area contributed by atoms with Gasteiger partial charge in [-0.15, -0.1) is 0 Å². The Morgan fingerprint density at radius 1 is 1.24 bits per heavy atom. The van der Waals surface area contributed by atoms with E-state index in [0.29, 0.717) is 17.8 Å². The van der Waals surface area contributed by atoms with E-state index in [2.05, 4.69) is 0 Å². The number of non-ortho nitro benzene ring substituents is 1. The number of fused-ring (bicyclic) bond motifs is 1. The van der Waals surface area contributed by atoms with Crippen LogP contribution in [0, 0.1) is 15.9 Å². The number of rotatable bonds is 3. The quantitative estimate of drug-likeness (QED) is 0.696. The second-order valence-electron chi connectivity index (χ2n) is 4.90. The highest BCUT2D eigenvalue weighted by molar-refractivity contribution is 5.73. The molecule has 0 fully saturated rings. The Morgan fingerprint density at radius 2 is 2.05 bits per heavy atom. The van der Waals surface area contributed by atoms with Crippen LogP contribution < -0.4 is 4.90 Å². The maximum absolute atomic E-state index is 13.4. The van der Waals surface area contributed by atoms with Gasteiger partial charge >= 0.3 is 0 Å². The van der Waals surface area contributed by atoms with Crippen LogP contribution in [-0.2, 0) is 13.0 Å². The van der Waals surface area contributed by atoms with Crippen molar-refractivity contribution >= 4 is 17.1 Å². The maximum Gasteiger partial charge on any atom is 0.269 e. The van der Waals surface area contributed by atoms with Crippen LogP contribution in [0.3, 0.4) is 0 Å². The Kier molecular flexibility index (Phi) is 3.31. The van der Waals surface area contributed by atoms with Gasteiger partial charge in [0.2, 0.25) is 0 Å². The summed E-state index contributed by atoms with van der Waals surface area (Å²) in [6.45, 7) is 0.349. The standard InChI is InChI=1S/C15H13FN2O3/c16-12-2-1-10-5-6-17(15(10)8-12)14-4-3-13(18(20)21)7-11(14)9-19/h1-4,7-8,19H,5-6,9H2. The van der Waals surface area contributed by atoms with Gasteiger partial charge in [-0.05, 0) is 30.2 Å². The third-order valence-corrected chi connectivity index (χ3v) is 3.68. The summed E-state index contributed by atoms with van der Waals surface area (Å²) in [5.74, 6) is -0.326. The molecule has 0 aliphatic carbocycles. The molecule has 0 aromatic heterocycles. The van der Waals surface area contributed by atoms with Gasteiger partial charge in [-0.25, -0.2) is 4.39 Å². The van der Waals surface area contributed by atoms with Crippen LogP contribution in [0.4, 0.5) is 21.5 Å². The zero-order valence-corrected chi connectivity index (χ0v) is 11.1. The van der Waals surface area contributed by atoms with E-state index in [1.54, 1.807) is 12.1 Å². The lowest BCUT2D eigenvalue weighted by Gasteiger charge is -2.22. The SMILES string of the molecule is O=[N+]([O-])c1ccc(N2CCc3ccc(F)cc32)c(CO)c1. The van der Waals surface area contributed by atoms with Gasteiger partial charge in [0.05, 0.1) is 11.5 Å².